The minimum atomic E-state index is 0. The Kier molecular flexibility index (Phi) is 16.4. The topological polar surface area (TPSA) is 12.0 Å². The molecule has 0 rings (SSSR count). The third kappa shape index (κ3) is 12.6. The molecule has 0 bridgehead atoms. The van der Waals surface area contributed by atoms with Gasteiger partial charge in [0.25, 0.3) is 0 Å². The first-order chi connectivity index (χ1) is 5.41. The largest absolute Gasteiger partial charge is 0.316 e. The van der Waals surface area contributed by atoms with Crippen LogP contribution in [0.1, 0.15) is 39.5 Å². The van der Waals surface area contributed by atoms with Crippen LogP contribution in [0.25, 0.3) is 0 Å². The number of hydrogen-bond acceptors (Lipinski definition) is 1. The van der Waals surface area contributed by atoms with Crippen molar-refractivity contribution >= 4 is 12.4 Å². The molecule has 0 saturated heterocycles. The molecule has 0 atom stereocenters. The SMILES string of the molecule is C/C=C/CCNCCCCC.Cl. The van der Waals surface area contributed by atoms with Crippen LogP contribution in [0.3, 0.4) is 0 Å². The second-order valence-electron chi connectivity index (χ2n) is 2.81. The average molecular weight is 192 g/mol. The van der Waals surface area contributed by atoms with E-state index < -0.39 is 0 Å². The van der Waals surface area contributed by atoms with Crippen LogP contribution in [0.2, 0.25) is 0 Å². The third-order valence-electron chi connectivity index (χ3n) is 1.68. The fraction of sp³-hybridized carbons (Fsp3) is 0.800. The van der Waals surface area contributed by atoms with Crippen LogP contribution in [0.15, 0.2) is 12.2 Å². The van der Waals surface area contributed by atoms with Crippen molar-refractivity contribution in [1.29, 1.82) is 0 Å². The van der Waals surface area contributed by atoms with Crippen molar-refractivity contribution < 1.29 is 0 Å². The molecule has 0 aliphatic heterocycles. The summed E-state index contributed by atoms with van der Waals surface area (Å²) in [6, 6.07) is 0. The van der Waals surface area contributed by atoms with Gasteiger partial charge in [0.15, 0.2) is 0 Å². The van der Waals surface area contributed by atoms with Crippen LogP contribution in [0.5, 0.6) is 0 Å². The highest BCUT2D eigenvalue weighted by Gasteiger charge is 1.84. The fourth-order valence-electron chi connectivity index (χ4n) is 0.977. The van der Waals surface area contributed by atoms with Crippen molar-refractivity contribution in [3.05, 3.63) is 12.2 Å². The number of halogens is 1. The molecule has 74 valence electrons. The molecule has 0 aliphatic carbocycles. The van der Waals surface area contributed by atoms with Crippen molar-refractivity contribution in [2.75, 3.05) is 13.1 Å². The van der Waals surface area contributed by atoms with Crippen LogP contribution in [-0.4, -0.2) is 13.1 Å². The van der Waals surface area contributed by atoms with Gasteiger partial charge in [-0.3, -0.25) is 0 Å². The molecular weight excluding hydrogens is 170 g/mol. The summed E-state index contributed by atoms with van der Waals surface area (Å²) in [5.74, 6) is 0. The van der Waals surface area contributed by atoms with Crippen LogP contribution < -0.4 is 5.32 Å². The molecule has 0 unspecified atom stereocenters. The lowest BCUT2D eigenvalue weighted by Crippen LogP contribution is -2.15. The summed E-state index contributed by atoms with van der Waals surface area (Å²) in [6.07, 6.45) is 9.47. The lowest BCUT2D eigenvalue weighted by atomic mass is 10.2. The quantitative estimate of drug-likeness (QED) is 0.482. The van der Waals surface area contributed by atoms with E-state index in [0.717, 1.165) is 6.54 Å². The average Bonchev–Trinajstić information content (AvgIpc) is 2.03. The Bertz CT molecular complexity index is 91.8. The van der Waals surface area contributed by atoms with E-state index in [1.54, 1.807) is 0 Å². The second-order valence-corrected chi connectivity index (χ2v) is 2.81. The number of rotatable bonds is 7. The molecule has 2 heteroatoms. The van der Waals surface area contributed by atoms with E-state index in [9.17, 15) is 0 Å². The molecule has 0 aliphatic rings. The van der Waals surface area contributed by atoms with Gasteiger partial charge in [0.05, 0.1) is 0 Å². The van der Waals surface area contributed by atoms with E-state index in [0.29, 0.717) is 0 Å². The normalized spacial score (nSPS) is 10.2. The predicted molar refractivity (Wildman–Crippen MR) is 59.1 cm³/mol. The van der Waals surface area contributed by atoms with E-state index >= 15 is 0 Å². The summed E-state index contributed by atoms with van der Waals surface area (Å²) in [6.45, 7) is 6.62. The van der Waals surface area contributed by atoms with Crippen LogP contribution >= 0.6 is 12.4 Å². The number of hydrogen-bond donors (Lipinski definition) is 1. The van der Waals surface area contributed by atoms with Gasteiger partial charge in [-0.15, -0.1) is 12.4 Å². The lowest BCUT2D eigenvalue weighted by molar-refractivity contribution is 0.620. The molecule has 0 spiro atoms. The Morgan fingerprint density at radius 1 is 1.17 bits per heavy atom. The van der Waals surface area contributed by atoms with Gasteiger partial charge in [0, 0.05) is 0 Å². The molecule has 12 heavy (non-hydrogen) atoms. The molecular formula is C10H22ClN. The zero-order valence-electron chi connectivity index (χ0n) is 8.31. The Morgan fingerprint density at radius 3 is 2.50 bits per heavy atom. The minimum Gasteiger partial charge on any atom is -0.316 e. The minimum absolute atomic E-state index is 0. The van der Waals surface area contributed by atoms with Crippen molar-refractivity contribution in [3.8, 4) is 0 Å². The maximum Gasteiger partial charge on any atom is -0.00143 e. The van der Waals surface area contributed by atoms with Gasteiger partial charge < -0.3 is 5.32 Å². The molecule has 0 radical (unpaired) electrons. The Balaban J connectivity index is 0. The van der Waals surface area contributed by atoms with Gasteiger partial charge in [-0.25, -0.2) is 0 Å². The van der Waals surface area contributed by atoms with Crippen molar-refractivity contribution in [2.24, 2.45) is 0 Å². The first-order valence-electron chi connectivity index (χ1n) is 4.73. The first kappa shape index (κ1) is 14.5. The molecule has 0 aromatic rings. The molecule has 1 N–H and O–H groups in total. The molecule has 0 aromatic carbocycles. The molecule has 0 heterocycles. The molecule has 0 saturated carbocycles. The molecule has 0 amide bonds. The van der Waals surface area contributed by atoms with Crippen molar-refractivity contribution in [1.82, 2.24) is 5.32 Å². The number of allylic oxidation sites excluding steroid dienone is 1. The summed E-state index contributed by atoms with van der Waals surface area (Å²) in [5.41, 5.74) is 0. The highest BCUT2D eigenvalue weighted by Crippen LogP contribution is 1.90. The highest BCUT2D eigenvalue weighted by atomic mass is 35.5. The standard InChI is InChI=1S/C10H21N.ClH/c1-3-5-7-9-11-10-8-6-4-2;/h3,5,11H,4,6-10H2,1-2H3;1H/b5-3+;. The van der Waals surface area contributed by atoms with E-state index in [-0.39, 0.29) is 12.4 Å². The Labute approximate surface area is 83.0 Å². The maximum absolute atomic E-state index is 3.40. The van der Waals surface area contributed by atoms with E-state index in [2.05, 4.69) is 31.3 Å². The monoisotopic (exact) mass is 191 g/mol. The summed E-state index contributed by atoms with van der Waals surface area (Å²) in [4.78, 5) is 0. The van der Waals surface area contributed by atoms with Crippen molar-refractivity contribution in [3.63, 3.8) is 0 Å². The Morgan fingerprint density at radius 2 is 1.92 bits per heavy atom. The highest BCUT2D eigenvalue weighted by molar-refractivity contribution is 5.85. The van der Waals surface area contributed by atoms with Gasteiger partial charge in [-0.05, 0) is 32.9 Å². The van der Waals surface area contributed by atoms with Crippen molar-refractivity contribution in [2.45, 2.75) is 39.5 Å². The van der Waals surface area contributed by atoms with Crippen LogP contribution in [0.4, 0.5) is 0 Å². The third-order valence-corrected chi connectivity index (χ3v) is 1.68. The fourth-order valence-corrected chi connectivity index (χ4v) is 0.977. The summed E-state index contributed by atoms with van der Waals surface area (Å²) < 4.78 is 0. The number of unbranched alkanes of at least 4 members (excludes halogenated alkanes) is 2. The van der Waals surface area contributed by atoms with Crippen LogP contribution in [0, 0.1) is 0 Å². The summed E-state index contributed by atoms with van der Waals surface area (Å²) >= 11 is 0. The molecule has 1 nitrogen and oxygen atoms in total. The molecule has 0 fully saturated rings. The van der Waals surface area contributed by atoms with E-state index in [4.69, 9.17) is 0 Å². The van der Waals surface area contributed by atoms with E-state index in [1.807, 2.05) is 0 Å². The molecule has 0 aromatic heterocycles. The summed E-state index contributed by atoms with van der Waals surface area (Å²) in [7, 11) is 0. The van der Waals surface area contributed by atoms with Gasteiger partial charge >= 0.3 is 0 Å². The van der Waals surface area contributed by atoms with Gasteiger partial charge in [0.2, 0.25) is 0 Å². The smallest absolute Gasteiger partial charge is 0.00143 e. The van der Waals surface area contributed by atoms with E-state index in [1.165, 1.54) is 32.2 Å². The van der Waals surface area contributed by atoms with Gasteiger partial charge in [-0.2, -0.15) is 0 Å². The zero-order valence-corrected chi connectivity index (χ0v) is 9.12. The van der Waals surface area contributed by atoms with Gasteiger partial charge in [-0.1, -0.05) is 31.9 Å². The summed E-state index contributed by atoms with van der Waals surface area (Å²) in [5, 5.41) is 3.40. The lowest BCUT2D eigenvalue weighted by Gasteiger charge is -2.00. The predicted octanol–water partition coefficient (Wildman–Crippen LogP) is 3.15. The first-order valence-corrected chi connectivity index (χ1v) is 4.73. The number of nitrogens with one attached hydrogen (secondary N) is 1. The van der Waals surface area contributed by atoms with Gasteiger partial charge in [0.1, 0.15) is 0 Å². The van der Waals surface area contributed by atoms with Crippen LogP contribution in [-0.2, 0) is 0 Å². The Hall–Kier alpha value is -0.0100. The second kappa shape index (κ2) is 13.6. The maximum atomic E-state index is 3.40. The zero-order chi connectivity index (χ0) is 8.36.